The first-order valence-electron chi connectivity index (χ1n) is 7.56. The summed E-state index contributed by atoms with van der Waals surface area (Å²) in [6.07, 6.45) is 1.30. The largest absolute Gasteiger partial charge is 0.326 e. The van der Waals surface area contributed by atoms with Gasteiger partial charge in [-0.1, -0.05) is 17.7 Å². The number of hydrogen-bond acceptors (Lipinski definition) is 4. The van der Waals surface area contributed by atoms with Crippen molar-refractivity contribution >= 4 is 21.6 Å². The number of nitrogens with one attached hydrogen (secondary N) is 1. The fourth-order valence-electron chi connectivity index (χ4n) is 2.15. The Kier molecular flexibility index (Phi) is 7.18. The molecule has 1 amide bonds. The highest BCUT2D eigenvalue weighted by Crippen LogP contribution is 2.16. The fourth-order valence-corrected chi connectivity index (χ4v) is 2.98. The van der Waals surface area contributed by atoms with Gasteiger partial charge >= 0.3 is 0 Å². The predicted octanol–water partition coefficient (Wildman–Crippen LogP) is 1.46. The van der Waals surface area contributed by atoms with E-state index in [0.29, 0.717) is 13.1 Å². The number of carbonyl (C=O) groups is 1. The molecular weight excluding hydrogens is 314 g/mol. The summed E-state index contributed by atoms with van der Waals surface area (Å²) in [6.45, 7) is 5.10. The van der Waals surface area contributed by atoms with Crippen LogP contribution < -0.4 is 5.32 Å². The number of aryl methyl sites for hydroxylation is 2. The number of benzene rings is 1. The molecule has 0 aliphatic rings. The van der Waals surface area contributed by atoms with Gasteiger partial charge in [-0.3, -0.25) is 4.79 Å². The van der Waals surface area contributed by atoms with Crippen molar-refractivity contribution in [3.05, 3.63) is 29.3 Å². The summed E-state index contributed by atoms with van der Waals surface area (Å²) in [5, 5.41) is 2.84. The lowest BCUT2D eigenvalue weighted by Crippen LogP contribution is -2.37. The van der Waals surface area contributed by atoms with Crippen LogP contribution in [-0.4, -0.2) is 63.5 Å². The summed E-state index contributed by atoms with van der Waals surface area (Å²) in [7, 11) is 0.448. The van der Waals surface area contributed by atoms with Crippen molar-refractivity contribution in [2.45, 2.75) is 20.3 Å². The van der Waals surface area contributed by atoms with Crippen LogP contribution in [0.1, 0.15) is 17.5 Å². The van der Waals surface area contributed by atoms with Crippen LogP contribution in [0.2, 0.25) is 0 Å². The molecule has 1 rings (SSSR count). The number of sulfonamides is 1. The highest BCUT2D eigenvalue weighted by atomic mass is 32.2. The van der Waals surface area contributed by atoms with Crippen molar-refractivity contribution in [2.75, 3.05) is 45.3 Å². The maximum absolute atomic E-state index is 12.1. The Morgan fingerprint density at radius 2 is 1.78 bits per heavy atom. The van der Waals surface area contributed by atoms with Crippen molar-refractivity contribution < 1.29 is 13.2 Å². The monoisotopic (exact) mass is 341 g/mol. The van der Waals surface area contributed by atoms with Gasteiger partial charge in [0.25, 0.3) is 0 Å². The highest BCUT2D eigenvalue weighted by molar-refractivity contribution is 7.88. The van der Waals surface area contributed by atoms with E-state index in [1.165, 1.54) is 10.6 Å². The third-order valence-electron chi connectivity index (χ3n) is 3.51. The lowest BCUT2D eigenvalue weighted by molar-refractivity contribution is -0.116. The Labute approximate surface area is 139 Å². The summed E-state index contributed by atoms with van der Waals surface area (Å²) >= 11 is 0. The van der Waals surface area contributed by atoms with Crippen LogP contribution in [-0.2, 0) is 14.8 Å². The van der Waals surface area contributed by atoms with Crippen molar-refractivity contribution in [3.63, 3.8) is 0 Å². The molecule has 23 heavy (non-hydrogen) atoms. The van der Waals surface area contributed by atoms with E-state index in [1.54, 1.807) is 0 Å². The van der Waals surface area contributed by atoms with Crippen LogP contribution in [0.5, 0.6) is 0 Å². The zero-order valence-corrected chi connectivity index (χ0v) is 15.4. The topological polar surface area (TPSA) is 69.7 Å². The number of amides is 1. The molecule has 0 radical (unpaired) electrons. The summed E-state index contributed by atoms with van der Waals surface area (Å²) < 4.78 is 24.9. The summed E-state index contributed by atoms with van der Waals surface area (Å²) in [5.41, 5.74) is 2.89. The minimum Gasteiger partial charge on any atom is -0.326 e. The number of anilines is 1. The van der Waals surface area contributed by atoms with E-state index in [-0.39, 0.29) is 18.9 Å². The van der Waals surface area contributed by atoms with Crippen LogP contribution in [0.3, 0.4) is 0 Å². The third-order valence-corrected chi connectivity index (χ3v) is 4.81. The standard InChI is InChI=1S/C16H27N3O3S/c1-13-6-7-15(14(2)12-13)17-16(20)8-9-19(23(5,21)22)11-10-18(3)4/h6-7,12H,8-11H2,1-5H3,(H,17,20). The first-order chi connectivity index (χ1) is 10.6. The molecule has 0 aromatic heterocycles. The van der Waals surface area contributed by atoms with Gasteiger partial charge in [-0.25, -0.2) is 12.7 Å². The lowest BCUT2D eigenvalue weighted by atomic mass is 10.1. The van der Waals surface area contributed by atoms with Crippen LogP contribution in [0.15, 0.2) is 18.2 Å². The van der Waals surface area contributed by atoms with Crippen molar-refractivity contribution in [1.29, 1.82) is 0 Å². The van der Waals surface area contributed by atoms with E-state index in [1.807, 2.05) is 51.0 Å². The maximum Gasteiger partial charge on any atom is 0.225 e. The summed E-state index contributed by atoms with van der Waals surface area (Å²) in [5.74, 6) is -0.185. The normalized spacial score (nSPS) is 12.0. The smallest absolute Gasteiger partial charge is 0.225 e. The quantitative estimate of drug-likeness (QED) is 0.777. The Bertz CT molecular complexity index is 642. The van der Waals surface area contributed by atoms with Gasteiger partial charge in [-0.2, -0.15) is 0 Å². The Morgan fingerprint density at radius 1 is 1.13 bits per heavy atom. The van der Waals surface area contributed by atoms with Gasteiger partial charge in [0, 0.05) is 31.7 Å². The maximum atomic E-state index is 12.1. The van der Waals surface area contributed by atoms with Crippen molar-refractivity contribution in [2.24, 2.45) is 0 Å². The molecule has 130 valence electrons. The SMILES string of the molecule is Cc1ccc(NC(=O)CCN(CCN(C)C)S(C)(=O)=O)c(C)c1. The minimum absolute atomic E-state index is 0.133. The number of likely N-dealkylation sites (N-methyl/N-ethyl adjacent to an activating group) is 1. The van der Waals surface area contributed by atoms with Crippen molar-refractivity contribution in [3.8, 4) is 0 Å². The minimum atomic E-state index is -3.32. The molecule has 0 fully saturated rings. The molecule has 1 aromatic rings. The molecule has 0 atom stereocenters. The third kappa shape index (κ3) is 7.11. The average molecular weight is 341 g/mol. The molecule has 0 saturated carbocycles. The van der Waals surface area contributed by atoms with Gasteiger partial charge in [0.05, 0.1) is 6.26 Å². The van der Waals surface area contributed by atoms with Gasteiger partial charge in [-0.15, -0.1) is 0 Å². The molecule has 0 aliphatic heterocycles. The number of hydrogen-bond donors (Lipinski definition) is 1. The molecule has 0 spiro atoms. The van der Waals surface area contributed by atoms with Gasteiger partial charge in [0.15, 0.2) is 0 Å². The van der Waals surface area contributed by atoms with E-state index >= 15 is 0 Å². The molecule has 1 N–H and O–H groups in total. The molecule has 0 bridgehead atoms. The fraction of sp³-hybridized carbons (Fsp3) is 0.562. The molecule has 7 heteroatoms. The second-order valence-corrected chi connectivity index (χ2v) is 8.06. The molecule has 0 heterocycles. The Hall–Kier alpha value is -1.44. The summed E-state index contributed by atoms with van der Waals surface area (Å²) in [6, 6.07) is 5.79. The Morgan fingerprint density at radius 3 is 2.30 bits per heavy atom. The molecule has 6 nitrogen and oxygen atoms in total. The second kappa shape index (κ2) is 8.42. The number of carbonyl (C=O) groups excluding carboxylic acids is 1. The highest BCUT2D eigenvalue weighted by Gasteiger charge is 2.18. The van der Waals surface area contributed by atoms with E-state index in [2.05, 4.69) is 5.32 Å². The molecule has 1 aromatic carbocycles. The number of rotatable bonds is 8. The first kappa shape index (κ1) is 19.6. The van der Waals surface area contributed by atoms with Crippen LogP contribution >= 0.6 is 0 Å². The van der Waals surface area contributed by atoms with Crippen LogP contribution in [0.4, 0.5) is 5.69 Å². The van der Waals surface area contributed by atoms with E-state index < -0.39 is 10.0 Å². The van der Waals surface area contributed by atoms with Gasteiger partial charge < -0.3 is 10.2 Å². The molecule has 0 saturated heterocycles. The first-order valence-corrected chi connectivity index (χ1v) is 9.41. The molecular formula is C16H27N3O3S. The predicted molar refractivity (Wildman–Crippen MR) is 94.1 cm³/mol. The molecule has 0 aliphatic carbocycles. The second-order valence-electron chi connectivity index (χ2n) is 6.08. The van der Waals surface area contributed by atoms with Gasteiger partial charge in [0.1, 0.15) is 0 Å². The lowest BCUT2D eigenvalue weighted by Gasteiger charge is -2.21. The van der Waals surface area contributed by atoms with Crippen molar-refractivity contribution in [1.82, 2.24) is 9.21 Å². The average Bonchev–Trinajstić information content (AvgIpc) is 2.40. The zero-order valence-electron chi connectivity index (χ0n) is 14.6. The van der Waals surface area contributed by atoms with Gasteiger partial charge in [0.2, 0.25) is 15.9 Å². The van der Waals surface area contributed by atoms with E-state index in [0.717, 1.165) is 16.8 Å². The van der Waals surface area contributed by atoms with E-state index in [9.17, 15) is 13.2 Å². The van der Waals surface area contributed by atoms with E-state index in [4.69, 9.17) is 0 Å². The number of nitrogens with zero attached hydrogens (tertiary/aromatic N) is 2. The zero-order chi connectivity index (χ0) is 17.6. The van der Waals surface area contributed by atoms with Crippen LogP contribution in [0.25, 0.3) is 0 Å². The van der Waals surface area contributed by atoms with Gasteiger partial charge in [-0.05, 0) is 39.6 Å². The Balaban J connectivity index is 2.61. The molecule has 0 unspecified atom stereocenters. The van der Waals surface area contributed by atoms with Crippen LogP contribution in [0, 0.1) is 13.8 Å². The summed E-state index contributed by atoms with van der Waals surface area (Å²) in [4.78, 5) is 14.0.